The Hall–Kier alpha value is -3.26. The zero-order valence-corrected chi connectivity index (χ0v) is 16.5. The van der Waals surface area contributed by atoms with Gasteiger partial charge in [0.2, 0.25) is 5.76 Å². The maximum absolute atomic E-state index is 13.5. The van der Waals surface area contributed by atoms with Gasteiger partial charge in [-0.3, -0.25) is 0 Å². The molecule has 0 N–H and O–H groups in total. The van der Waals surface area contributed by atoms with Crippen molar-refractivity contribution in [1.29, 1.82) is 0 Å². The molecule has 154 valence electrons. The number of alkyl halides is 3. The molecule has 0 aliphatic rings. The van der Waals surface area contributed by atoms with Gasteiger partial charge in [0.05, 0.1) is 7.11 Å². The number of carbonyl (C=O) groups is 1. The zero-order valence-electron chi connectivity index (χ0n) is 15.7. The van der Waals surface area contributed by atoms with Crippen LogP contribution in [0.25, 0.3) is 22.1 Å². The summed E-state index contributed by atoms with van der Waals surface area (Å²) in [4.78, 5) is 11.4. The van der Waals surface area contributed by atoms with Crippen molar-refractivity contribution in [2.45, 2.75) is 12.8 Å². The molecule has 2 heterocycles. The van der Waals surface area contributed by atoms with Gasteiger partial charge < -0.3 is 13.9 Å². The molecular formula is C22H15F3O4S. The molecule has 0 aliphatic heterocycles. The predicted molar refractivity (Wildman–Crippen MR) is 107 cm³/mol. The standard InChI is InChI=1S/C22H15F3O4S/c1-27-21(26)19-10-14-9-15(7-8-18(14)29-19)28-12-16-11-17(13-5-3-2-4-6-13)20(30-16)22(23,24)25/h2-11H,12H2,1H3. The summed E-state index contributed by atoms with van der Waals surface area (Å²) in [5.41, 5.74) is 1.12. The third-order valence-electron chi connectivity index (χ3n) is 4.38. The zero-order chi connectivity index (χ0) is 21.3. The lowest BCUT2D eigenvalue weighted by molar-refractivity contribution is -0.133. The molecule has 30 heavy (non-hydrogen) atoms. The fourth-order valence-corrected chi connectivity index (χ4v) is 3.98. The topological polar surface area (TPSA) is 48.7 Å². The molecule has 0 bridgehead atoms. The summed E-state index contributed by atoms with van der Waals surface area (Å²) in [5, 5.41) is 0.625. The molecular weight excluding hydrogens is 417 g/mol. The smallest absolute Gasteiger partial charge is 0.426 e. The molecule has 0 saturated heterocycles. The van der Waals surface area contributed by atoms with Gasteiger partial charge >= 0.3 is 12.1 Å². The molecule has 0 atom stereocenters. The first-order chi connectivity index (χ1) is 14.3. The minimum Gasteiger partial charge on any atom is -0.488 e. The van der Waals surface area contributed by atoms with E-state index < -0.39 is 17.0 Å². The minimum absolute atomic E-state index is 0.0200. The van der Waals surface area contributed by atoms with Gasteiger partial charge in [-0.1, -0.05) is 30.3 Å². The lowest BCUT2D eigenvalue weighted by atomic mass is 10.1. The van der Waals surface area contributed by atoms with Gasteiger partial charge in [-0.15, -0.1) is 11.3 Å². The van der Waals surface area contributed by atoms with Crippen molar-refractivity contribution in [2.24, 2.45) is 0 Å². The summed E-state index contributed by atoms with van der Waals surface area (Å²) in [5.74, 6) is -0.0893. The van der Waals surface area contributed by atoms with Gasteiger partial charge in [0.15, 0.2) is 0 Å². The van der Waals surface area contributed by atoms with Gasteiger partial charge in [-0.05, 0) is 35.9 Å². The molecule has 0 unspecified atom stereocenters. The highest BCUT2D eigenvalue weighted by Gasteiger charge is 2.36. The Morgan fingerprint density at radius 3 is 2.53 bits per heavy atom. The summed E-state index contributed by atoms with van der Waals surface area (Å²) in [7, 11) is 1.25. The van der Waals surface area contributed by atoms with Crippen LogP contribution < -0.4 is 4.74 Å². The summed E-state index contributed by atoms with van der Waals surface area (Å²) < 4.78 is 56.2. The number of fused-ring (bicyclic) bond motifs is 1. The van der Waals surface area contributed by atoms with Crippen LogP contribution in [-0.2, 0) is 17.5 Å². The van der Waals surface area contributed by atoms with E-state index in [9.17, 15) is 18.0 Å². The Morgan fingerprint density at radius 1 is 1.07 bits per heavy atom. The van der Waals surface area contributed by atoms with E-state index in [1.807, 2.05) is 0 Å². The molecule has 0 radical (unpaired) electrons. The molecule has 0 fully saturated rings. The Balaban J connectivity index is 1.58. The first-order valence-electron chi connectivity index (χ1n) is 8.85. The summed E-state index contributed by atoms with van der Waals surface area (Å²) in [6, 6.07) is 16.4. The molecule has 0 amide bonds. The van der Waals surface area contributed by atoms with Gasteiger partial charge in [-0.25, -0.2) is 4.79 Å². The van der Waals surface area contributed by atoms with Crippen LogP contribution in [0.2, 0.25) is 0 Å². The van der Waals surface area contributed by atoms with E-state index in [2.05, 4.69) is 4.74 Å². The van der Waals surface area contributed by atoms with Crippen LogP contribution in [0.1, 0.15) is 20.3 Å². The second-order valence-corrected chi connectivity index (χ2v) is 7.55. The van der Waals surface area contributed by atoms with E-state index in [4.69, 9.17) is 9.15 Å². The molecule has 2 aromatic carbocycles. The Labute approximate surface area is 173 Å². The number of halogens is 3. The van der Waals surface area contributed by atoms with Crippen LogP contribution >= 0.6 is 11.3 Å². The average molecular weight is 432 g/mol. The third-order valence-corrected chi connectivity index (χ3v) is 5.53. The van der Waals surface area contributed by atoms with Crippen LogP contribution in [0.3, 0.4) is 0 Å². The van der Waals surface area contributed by atoms with E-state index in [0.29, 0.717) is 38.5 Å². The first kappa shape index (κ1) is 20.0. The van der Waals surface area contributed by atoms with Crippen molar-refractivity contribution in [3.05, 3.63) is 76.2 Å². The summed E-state index contributed by atoms with van der Waals surface area (Å²) in [6.07, 6.45) is -4.45. The van der Waals surface area contributed by atoms with Crippen LogP contribution in [0, 0.1) is 0 Å². The van der Waals surface area contributed by atoms with Crippen LogP contribution in [0.4, 0.5) is 13.2 Å². The Bertz CT molecular complexity index is 1190. The van der Waals surface area contributed by atoms with E-state index in [1.165, 1.54) is 19.2 Å². The van der Waals surface area contributed by atoms with Crippen molar-refractivity contribution >= 4 is 28.3 Å². The number of carbonyl (C=O) groups excluding carboxylic acids is 1. The first-order valence-corrected chi connectivity index (χ1v) is 9.67. The van der Waals surface area contributed by atoms with Crippen molar-refractivity contribution in [3.63, 3.8) is 0 Å². The number of benzene rings is 2. The molecule has 0 spiro atoms. The number of thiophene rings is 1. The molecule has 0 saturated carbocycles. The molecule has 0 aliphatic carbocycles. The highest BCUT2D eigenvalue weighted by Crippen LogP contribution is 2.43. The number of hydrogen-bond donors (Lipinski definition) is 0. The summed E-state index contributed by atoms with van der Waals surface area (Å²) >= 11 is 0.665. The number of hydrogen-bond acceptors (Lipinski definition) is 5. The van der Waals surface area contributed by atoms with E-state index in [-0.39, 0.29) is 17.9 Å². The second kappa shape index (κ2) is 7.87. The number of rotatable bonds is 5. The molecule has 4 rings (SSSR count). The second-order valence-electron chi connectivity index (χ2n) is 6.41. The largest absolute Gasteiger partial charge is 0.488 e. The Kier molecular flexibility index (Phi) is 5.26. The fraction of sp³-hybridized carbons (Fsp3) is 0.136. The monoisotopic (exact) mass is 432 g/mol. The van der Waals surface area contributed by atoms with Crippen molar-refractivity contribution in [3.8, 4) is 16.9 Å². The van der Waals surface area contributed by atoms with Gasteiger partial charge in [0.1, 0.15) is 22.8 Å². The molecule has 8 heteroatoms. The number of ether oxygens (including phenoxy) is 2. The van der Waals surface area contributed by atoms with Crippen LogP contribution in [0.5, 0.6) is 5.75 Å². The van der Waals surface area contributed by atoms with Crippen molar-refractivity contribution in [2.75, 3.05) is 7.11 Å². The number of methoxy groups -OCH3 is 1. The highest BCUT2D eigenvalue weighted by atomic mass is 32.1. The molecule has 4 aromatic rings. The van der Waals surface area contributed by atoms with Crippen LogP contribution in [0.15, 0.2) is 65.1 Å². The lowest BCUT2D eigenvalue weighted by Gasteiger charge is -2.07. The Morgan fingerprint density at radius 2 is 1.83 bits per heavy atom. The number of esters is 1. The maximum atomic E-state index is 13.5. The van der Waals surface area contributed by atoms with Gasteiger partial charge in [-0.2, -0.15) is 13.2 Å². The van der Waals surface area contributed by atoms with Crippen LogP contribution in [-0.4, -0.2) is 13.1 Å². The molecule has 2 aromatic heterocycles. The quantitative estimate of drug-likeness (QED) is 0.336. The SMILES string of the molecule is COC(=O)c1cc2cc(OCc3cc(-c4ccccc4)c(C(F)(F)F)s3)ccc2o1. The third kappa shape index (κ3) is 4.04. The average Bonchev–Trinajstić information content (AvgIpc) is 3.36. The van der Waals surface area contributed by atoms with Crippen molar-refractivity contribution < 1.29 is 31.9 Å². The lowest BCUT2D eigenvalue weighted by Crippen LogP contribution is -2.03. The summed E-state index contributed by atoms with van der Waals surface area (Å²) in [6.45, 7) is -0.0200. The highest BCUT2D eigenvalue weighted by molar-refractivity contribution is 7.12. The normalized spacial score (nSPS) is 11.6. The fourth-order valence-electron chi connectivity index (χ4n) is 3.02. The molecule has 4 nitrogen and oxygen atoms in total. The predicted octanol–water partition coefficient (Wildman–Crippen LogP) is 6.55. The van der Waals surface area contributed by atoms with E-state index in [0.717, 1.165) is 0 Å². The number of furan rings is 1. The van der Waals surface area contributed by atoms with Gasteiger partial charge in [0.25, 0.3) is 0 Å². The minimum atomic E-state index is -4.45. The van der Waals surface area contributed by atoms with Crippen molar-refractivity contribution in [1.82, 2.24) is 0 Å². The maximum Gasteiger partial charge on any atom is 0.426 e. The van der Waals surface area contributed by atoms with E-state index >= 15 is 0 Å². The van der Waals surface area contributed by atoms with E-state index in [1.54, 1.807) is 48.5 Å². The van der Waals surface area contributed by atoms with Gasteiger partial charge in [0, 0.05) is 15.8 Å².